The summed E-state index contributed by atoms with van der Waals surface area (Å²) >= 11 is 0. The van der Waals surface area contributed by atoms with Gasteiger partial charge in [0.25, 0.3) is 5.91 Å². The van der Waals surface area contributed by atoms with Crippen LogP contribution in [0.4, 0.5) is 0 Å². The van der Waals surface area contributed by atoms with E-state index in [0.29, 0.717) is 0 Å². The van der Waals surface area contributed by atoms with Gasteiger partial charge in [0.15, 0.2) is 26.3 Å². The molecule has 0 saturated carbocycles. The molecule has 32 heavy (non-hydrogen) atoms. The van der Waals surface area contributed by atoms with Crippen molar-refractivity contribution in [3.63, 3.8) is 0 Å². The number of hydrogen-bond acceptors (Lipinski definition) is 7. The third-order valence-corrected chi connectivity index (χ3v) is 5.59. The SMILES string of the molecule is CC(=O)NC[P+]([O-])=N[C@H](C(=O)N([C@@H](Cc1ccccc1)C(=O)O)N1C=CN=CC1)C(C)C. The van der Waals surface area contributed by atoms with Crippen molar-refractivity contribution in [3.05, 3.63) is 48.3 Å². The zero-order chi connectivity index (χ0) is 23.7. The molecule has 0 aliphatic carbocycles. The third kappa shape index (κ3) is 7.25. The molecule has 11 heteroatoms. The van der Waals surface area contributed by atoms with Gasteiger partial charge in [-0.3, -0.25) is 19.6 Å². The molecule has 0 fully saturated rings. The average molecular weight is 461 g/mol. The highest BCUT2D eigenvalue weighted by Gasteiger charge is 2.39. The summed E-state index contributed by atoms with van der Waals surface area (Å²) in [5.41, 5.74) is 0.752. The lowest BCUT2D eigenvalue weighted by Gasteiger charge is -2.39. The van der Waals surface area contributed by atoms with E-state index >= 15 is 0 Å². The number of aliphatic carboxylic acids is 1. The molecule has 10 nitrogen and oxygen atoms in total. The van der Waals surface area contributed by atoms with Crippen molar-refractivity contribution < 1.29 is 24.4 Å². The standard InChI is InChI=1S/C21H28N5O5P/c1-15(2)19(24-32(31)14-23-16(3)27)20(28)26(25-11-9-22-10-12-25)18(21(29)30)13-17-7-5-4-6-8-17/h4-11,15,18-19H,12-14H2,1-3H3,(H,23,27)(H,29,30)/t18-,19-/m0/s1. The smallest absolute Gasteiger partial charge is 0.328 e. The molecule has 2 rings (SSSR count). The van der Waals surface area contributed by atoms with Crippen LogP contribution in [0.25, 0.3) is 0 Å². The summed E-state index contributed by atoms with van der Waals surface area (Å²) in [6.07, 6.45) is 4.42. The Morgan fingerprint density at radius 2 is 2.00 bits per heavy atom. The predicted octanol–water partition coefficient (Wildman–Crippen LogP) is 1.34. The molecule has 1 aliphatic heterocycles. The highest BCUT2D eigenvalue weighted by molar-refractivity contribution is 7.39. The number of carboxylic acids is 1. The van der Waals surface area contributed by atoms with Gasteiger partial charge in [-0.05, 0) is 11.5 Å². The lowest BCUT2D eigenvalue weighted by Crippen LogP contribution is -2.57. The van der Waals surface area contributed by atoms with Crippen LogP contribution in [0.2, 0.25) is 0 Å². The van der Waals surface area contributed by atoms with Gasteiger partial charge in [-0.15, -0.1) is 0 Å². The van der Waals surface area contributed by atoms with Crippen molar-refractivity contribution in [1.82, 2.24) is 15.3 Å². The number of carbonyl (C=O) groups excluding carboxylic acids is 2. The number of benzene rings is 1. The number of hydrogen-bond donors (Lipinski definition) is 2. The number of rotatable bonds is 10. The minimum Gasteiger partial charge on any atom is -0.611 e. The molecule has 1 heterocycles. The zero-order valence-electron chi connectivity index (χ0n) is 18.3. The molecular weight excluding hydrogens is 433 g/mol. The van der Waals surface area contributed by atoms with Crippen LogP contribution < -0.4 is 10.2 Å². The first-order chi connectivity index (χ1) is 15.2. The topological polar surface area (TPSA) is 138 Å². The quantitative estimate of drug-likeness (QED) is 0.505. The Kier molecular flexibility index (Phi) is 9.49. The maximum atomic E-state index is 13.6. The molecule has 0 spiro atoms. The number of aliphatic imine (C=N–C) groups is 1. The highest BCUT2D eigenvalue weighted by atomic mass is 31.1. The fourth-order valence-corrected chi connectivity index (χ4v) is 4.15. The van der Waals surface area contributed by atoms with Crippen molar-refractivity contribution in [3.8, 4) is 0 Å². The Morgan fingerprint density at radius 3 is 2.53 bits per heavy atom. The van der Waals surface area contributed by atoms with Crippen LogP contribution >= 0.6 is 7.94 Å². The van der Waals surface area contributed by atoms with Gasteiger partial charge in [-0.1, -0.05) is 48.9 Å². The first kappa shape index (κ1) is 25.2. The Morgan fingerprint density at radius 1 is 1.31 bits per heavy atom. The number of amides is 2. The van der Waals surface area contributed by atoms with E-state index in [0.717, 1.165) is 10.6 Å². The van der Waals surface area contributed by atoms with Crippen molar-refractivity contribution in [2.45, 2.75) is 39.3 Å². The van der Waals surface area contributed by atoms with Gasteiger partial charge in [0.05, 0.1) is 6.54 Å². The summed E-state index contributed by atoms with van der Waals surface area (Å²) in [6, 6.07) is 6.73. The summed E-state index contributed by atoms with van der Waals surface area (Å²) in [6.45, 7) is 4.98. The second-order valence-corrected chi connectivity index (χ2v) is 8.78. The molecule has 0 radical (unpaired) electrons. The Balaban J connectivity index is 2.42. The molecule has 1 aliphatic rings. The lowest BCUT2D eigenvalue weighted by atomic mass is 10.0. The number of hydrazine groups is 1. The van der Waals surface area contributed by atoms with Gasteiger partial charge < -0.3 is 15.3 Å². The molecular formula is C21H28N5O5P. The predicted molar refractivity (Wildman–Crippen MR) is 119 cm³/mol. The van der Waals surface area contributed by atoms with Gasteiger partial charge in [0.2, 0.25) is 5.91 Å². The van der Waals surface area contributed by atoms with E-state index < -0.39 is 31.9 Å². The van der Waals surface area contributed by atoms with Crippen molar-refractivity contribution in [2.75, 3.05) is 12.8 Å². The maximum Gasteiger partial charge on any atom is 0.328 e. The van der Waals surface area contributed by atoms with Crippen LogP contribution in [0.5, 0.6) is 0 Å². The van der Waals surface area contributed by atoms with Gasteiger partial charge >= 0.3 is 5.97 Å². The maximum absolute atomic E-state index is 13.6. The first-order valence-electron chi connectivity index (χ1n) is 10.1. The Bertz CT molecular complexity index is 903. The van der Waals surface area contributed by atoms with E-state index in [9.17, 15) is 24.4 Å². The van der Waals surface area contributed by atoms with E-state index in [1.165, 1.54) is 24.3 Å². The van der Waals surface area contributed by atoms with Crippen LogP contribution in [0.1, 0.15) is 26.3 Å². The minimum absolute atomic E-state index is 0.0756. The van der Waals surface area contributed by atoms with Gasteiger partial charge in [0, 0.05) is 32.0 Å². The fourth-order valence-electron chi connectivity index (χ4n) is 3.06. The Labute approximate surface area is 188 Å². The fraction of sp³-hybridized carbons (Fsp3) is 0.429. The van der Waals surface area contributed by atoms with Crippen LogP contribution in [0.3, 0.4) is 0 Å². The molecule has 0 saturated heterocycles. The Hall–Kier alpha value is -3.10. The first-order valence-corrected chi connectivity index (χ1v) is 11.5. The molecule has 3 atom stereocenters. The van der Waals surface area contributed by atoms with E-state index in [-0.39, 0.29) is 31.1 Å². The van der Waals surface area contributed by atoms with Gasteiger partial charge in [0.1, 0.15) is 0 Å². The largest absolute Gasteiger partial charge is 0.611 e. The number of nitrogens with zero attached hydrogens (tertiary/aromatic N) is 4. The summed E-state index contributed by atoms with van der Waals surface area (Å²) in [5, 5.41) is 15.1. The normalized spacial score (nSPS) is 15.4. The molecule has 172 valence electrons. The summed E-state index contributed by atoms with van der Waals surface area (Å²) < 4.78 is 4.14. The molecule has 0 aromatic heterocycles. The monoisotopic (exact) mass is 461 g/mol. The molecule has 2 amide bonds. The lowest BCUT2D eigenvalue weighted by molar-refractivity contribution is -0.165. The van der Waals surface area contributed by atoms with Crippen molar-refractivity contribution in [2.24, 2.45) is 15.7 Å². The average Bonchev–Trinajstić information content (AvgIpc) is 2.76. The summed E-state index contributed by atoms with van der Waals surface area (Å²) in [7, 11) is -2.26. The number of carbonyl (C=O) groups is 3. The zero-order valence-corrected chi connectivity index (χ0v) is 19.2. The van der Waals surface area contributed by atoms with Crippen molar-refractivity contribution >= 4 is 31.9 Å². The van der Waals surface area contributed by atoms with Gasteiger partial charge in [-0.2, -0.15) is 0 Å². The van der Waals surface area contributed by atoms with Crippen LogP contribution in [0, 0.1) is 5.92 Å². The second-order valence-electron chi connectivity index (χ2n) is 7.53. The van der Waals surface area contributed by atoms with Gasteiger partial charge in [-0.25, -0.2) is 9.80 Å². The number of carboxylic acid groups (broad SMARTS) is 1. The molecule has 1 aromatic rings. The summed E-state index contributed by atoms with van der Waals surface area (Å²) in [4.78, 5) is 53.4. The highest BCUT2D eigenvalue weighted by Crippen LogP contribution is 2.24. The minimum atomic E-state index is -2.26. The molecule has 1 unspecified atom stereocenters. The molecule has 2 N–H and O–H groups in total. The van der Waals surface area contributed by atoms with Crippen LogP contribution in [-0.4, -0.2) is 64.0 Å². The van der Waals surface area contributed by atoms with Crippen LogP contribution in [0.15, 0.2) is 52.5 Å². The third-order valence-electron chi connectivity index (χ3n) is 4.65. The second kappa shape index (κ2) is 12.1. The number of nitrogens with one attached hydrogen (secondary N) is 1. The van der Waals surface area contributed by atoms with E-state index in [1.54, 1.807) is 44.3 Å². The van der Waals surface area contributed by atoms with E-state index in [2.05, 4.69) is 15.1 Å². The summed E-state index contributed by atoms with van der Waals surface area (Å²) in [5.74, 6) is -2.48. The van der Waals surface area contributed by atoms with E-state index in [4.69, 9.17) is 0 Å². The van der Waals surface area contributed by atoms with Crippen LogP contribution in [-0.2, 0) is 20.8 Å². The van der Waals surface area contributed by atoms with E-state index in [1.807, 2.05) is 6.07 Å². The molecule has 1 aromatic carbocycles. The molecule has 0 bridgehead atoms. The van der Waals surface area contributed by atoms with Crippen molar-refractivity contribution in [1.29, 1.82) is 0 Å².